The van der Waals surface area contributed by atoms with Crippen LogP contribution in [0.2, 0.25) is 0 Å². The van der Waals surface area contributed by atoms with Crippen molar-refractivity contribution in [1.29, 1.82) is 0 Å². The molecule has 0 bridgehead atoms. The van der Waals surface area contributed by atoms with E-state index in [1.807, 2.05) is 74.5 Å². The number of nitrogens with one attached hydrogen (secondary N) is 1. The molecule has 3 aromatic carbocycles. The van der Waals surface area contributed by atoms with Gasteiger partial charge >= 0.3 is 0 Å². The van der Waals surface area contributed by atoms with Gasteiger partial charge in [0.2, 0.25) is 10.0 Å². The van der Waals surface area contributed by atoms with Gasteiger partial charge < -0.3 is 4.74 Å². The highest BCUT2D eigenvalue weighted by atomic mass is 32.2. The van der Waals surface area contributed by atoms with Gasteiger partial charge in [-0.15, -0.1) is 0 Å². The first kappa shape index (κ1) is 24.0. The molecule has 0 aliphatic rings. The number of sulfonamides is 1. The molecule has 1 amide bonds. The average Bonchev–Trinajstić information content (AvgIpc) is 2.79. The Kier molecular flexibility index (Phi) is 7.84. The van der Waals surface area contributed by atoms with Crippen LogP contribution in [0.15, 0.2) is 77.9 Å². The van der Waals surface area contributed by atoms with E-state index in [2.05, 4.69) is 10.5 Å². The fraction of sp³-hybridized carbons (Fsp3) is 0.200. The van der Waals surface area contributed by atoms with E-state index in [9.17, 15) is 13.2 Å². The van der Waals surface area contributed by atoms with E-state index in [-0.39, 0.29) is 6.54 Å². The number of hydrazone groups is 1. The fourth-order valence-corrected chi connectivity index (χ4v) is 4.09. The molecule has 33 heavy (non-hydrogen) atoms. The predicted octanol–water partition coefficient (Wildman–Crippen LogP) is 3.80. The number of aryl methyl sites for hydroxylation is 1. The molecule has 0 heterocycles. The Labute approximate surface area is 194 Å². The molecule has 0 saturated heterocycles. The summed E-state index contributed by atoms with van der Waals surface area (Å²) in [6, 6.07) is 22.4. The molecule has 0 aliphatic heterocycles. The number of amides is 1. The minimum atomic E-state index is -3.67. The van der Waals surface area contributed by atoms with E-state index in [1.54, 1.807) is 12.1 Å². The summed E-state index contributed by atoms with van der Waals surface area (Å²) in [4.78, 5) is 12.5. The van der Waals surface area contributed by atoms with Gasteiger partial charge in [0.25, 0.3) is 5.91 Å². The monoisotopic (exact) mass is 465 g/mol. The van der Waals surface area contributed by atoms with Crippen molar-refractivity contribution in [3.8, 4) is 5.75 Å². The molecule has 0 radical (unpaired) electrons. The molecule has 1 N–H and O–H groups in total. The zero-order valence-corrected chi connectivity index (χ0v) is 19.7. The van der Waals surface area contributed by atoms with Crippen molar-refractivity contribution in [2.24, 2.45) is 5.10 Å². The van der Waals surface area contributed by atoms with Crippen molar-refractivity contribution in [2.75, 3.05) is 17.1 Å². The highest BCUT2D eigenvalue weighted by Gasteiger charge is 2.22. The Bertz CT molecular complexity index is 1240. The first-order chi connectivity index (χ1) is 15.8. The molecule has 0 saturated carbocycles. The van der Waals surface area contributed by atoms with Crippen LogP contribution in [-0.4, -0.2) is 33.3 Å². The quantitative estimate of drug-likeness (QED) is 0.385. The number of nitrogens with zero attached hydrogens (tertiary/aromatic N) is 2. The molecule has 0 aromatic heterocycles. The van der Waals surface area contributed by atoms with Crippen molar-refractivity contribution in [3.63, 3.8) is 0 Å². The van der Waals surface area contributed by atoms with Crippen molar-refractivity contribution < 1.29 is 17.9 Å². The maximum absolute atomic E-state index is 12.5. The van der Waals surface area contributed by atoms with Crippen molar-refractivity contribution in [1.82, 2.24) is 5.43 Å². The topological polar surface area (TPSA) is 88.1 Å². The van der Waals surface area contributed by atoms with Gasteiger partial charge in [-0.25, -0.2) is 13.8 Å². The van der Waals surface area contributed by atoms with Crippen LogP contribution in [0.1, 0.15) is 22.3 Å². The van der Waals surface area contributed by atoms with E-state index < -0.39 is 15.9 Å². The van der Waals surface area contributed by atoms with E-state index >= 15 is 0 Å². The van der Waals surface area contributed by atoms with Crippen LogP contribution >= 0.6 is 0 Å². The third-order valence-electron chi connectivity index (χ3n) is 5.08. The maximum Gasteiger partial charge on any atom is 0.260 e. The van der Waals surface area contributed by atoms with Crippen LogP contribution < -0.4 is 14.5 Å². The third-order valence-corrected chi connectivity index (χ3v) is 6.21. The second-order valence-corrected chi connectivity index (χ2v) is 9.50. The summed E-state index contributed by atoms with van der Waals surface area (Å²) in [5.41, 5.74) is 6.32. The summed E-state index contributed by atoms with van der Waals surface area (Å²) >= 11 is 0. The molecule has 172 valence electrons. The molecular formula is C25H27N3O4S. The molecule has 8 heteroatoms. The van der Waals surface area contributed by atoms with Crippen LogP contribution in [0.4, 0.5) is 5.69 Å². The SMILES string of the molecule is Cc1cccc(N(CC(=O)N/N=C/c2ccccc2OCc2ccccc2)S(C)(=O)=O)c1C. The highest BCUT2D eigenvalue weighted by Crippen LogP contribution is 2.24. The number of hydrogen-bond donors (Lipinski definition) is 1. The smallest absolute Gasteiger partial charge is 0.260 e. The first-order valence-electron chi connectivity index (χ1n) is 10.4. The number of ether oxygens (including phenoxy) is 1. The number of hydrogen-bond acceptors (Lipinski definition) is 5. The largest absolute Gasteiger partial charge is 0.488 e. The average molecular weight is 466 g/mol. The van der Waals surface area contributed by atoms with Crippen molar-refractivity contribution in [3.05, 3.63) is 95.1 Å². The third kappa shape index (κ3) is 6.66. The van der Waals surface area contributed by atoms with Gasteiger partial charge in [0.1, 0.15) is 18.9 Å². The number of benzene rings is 3. The maximum atomic E-state index is 12.5. The Morgan fingerprint density at radius 1 is 1.00 bits per heavy atom. The lowest BCUT2D eigenvalue weighted by Gasteiger charge is -2.23. The summed E-state index contributed by atoms with van der Waals surface area (Å²) < 4.78 is 31.7. The Balaban J connectivity index is 1.67. The van der Waals surface area contributed by atoms with Gasteiger partial charge in [-0.2, -0.15) is 5.10 Å². The van der Waals surface area contributed by atoms with Crippen molar-refractivity contribution >= 4 is 27.8 Å². The number of carbonyl (C=O) groups excluding carboxylic acids is 1. The molecule has 0 aliphatic carbocycles. The second kappa shape index (κ2) is 10.8. The lowest BCUT2D eigenvalue weighted by molar-refractivity contribution is -0.119. The molecule has 3 aromatic rings. The second-order valence-electron chi connectivity index (χ2n) is 7.59. The Hall–Kier alpha value is -3.65. The van der Waals surface area contributed by atoms with Gasteiger partial charge in [0.05, 0.1) is 18.2 Å². The van der Waals surface area contributed by atoms with Gasteiger partial charge in [-0.1, -0.05) is 54.6 Å². The minimum Gasteiger partial charge on any atom is -0.488 e. The van der Waals surface area contributed by atoms with E-state index in [0.29, 0.717) is 23.6 Å². The van der Waals surface area contributed by atoms with Crippen LogP contribution in [0.25, 0.3) is 0 Å². The Morgan fingerprint density at radius 3 is 2.42 bits per heavy atom. The van der Waals surface area contributed by atoms with Crippen LogP contribution in [0, 0.1) is 13.8 Å². The van der Waals surface area contributed by atoms with Crippen molar-refractivity contribution in [2.45, 2.75) is 20.5 Å². The Morgan fingerprint density at radius 2 is 1.70 bits per heavy atom. The van der Waals surface area contributed by atoms with E-state index in [4.69, 9.17) is 4.74 Å². The lowest BCUT2D eigenvalue weighted by atomic mass is 10.1. The first-order valence-corrected chi connectivity index (χ1v) is 12.2. The number of para-hydroxylation sites is 1. The van der Waals surface area contributed by atoms with Gasteiger partial charge in [0, 0.05) is 5.56 Å². The van der Waals surface area contributed by atoms with Gasteiger partial charge in [-0.05, 0) is 48.7 Å². The molecule has 0 atom stereocenters. The lowest BCUT2D eigenvalue weighted by Crippen LogP contribution is -2.39. The van der Waals surface area contributed by atoms with Gasteiger partial charge in [0.15, 0.2) is 0 Å². The standard InChI is InChI=1S/C25H27N3O4S/c1-19-10-9-14-23(20(19)2)28(33(3,30)31)17-25(29)27-26-16-22-13-7-8-15-24(22)32-18-21-11-5-4-6-12-21/h4-16H,17-18H2,1-3H3,(H,27,29)/b26-16+. The minimum absolute atomic E-state index is 0.382. The molecule has 0 spiro atoms. The molecule has 7 nitrogen and oxygen atoms in total. The zero-order valence-electron chi connectivity index (χ0n) is 18.9. The summed E-state index contributed by atoms with van der Waals surface area (Å²) in [5.74, 6) is 0.0627. The van der Waals surface area contributed by atoms with Crippen LogP contribution in [0.5, 0.6) is 5.75 Å². The fourth-order valence-electron chi connectivity index (χ4n) is 3.18. The molecular weight excluding hydrogens is 438 g/mol. The summed E-state index contributed by atoms with van der Waals surface area (Å²) in [6.07, 6.45) is 2.55. The van der Waals surface area contributed by atoms with E-state index in [1.165, 1.54) is 6.21 Å². The predicted molar refractivity (Wildman–Crippen MR) is 131 cm³/mol. The number of anilines is 1. The zero-order chi connectivity index (χ0) is 23.8. The van der Waals surface area contributed by atoms with E-state index in [0.717, 1.165) is 27.3 Å². The number of rotatable bonds is 9. The highest BCUT2D eigenvalue weighted by molar-refractivity contribution is 7.92. The summed E-state index contributed by atoms with van der Waals surface area (Å²) in [6.45, 7) is 3.73. The van der Waals surface area contributed by atoms with Gasteiger partial charge in [-0.3, -0.25) is 9.10 Å². The van der Waals surface area contributed by atoms with Crippen LogP contribution in [0.3, 0.4) is 0 Å². The molecule has 0 fully saturated rings. The number of carbonyl (C=O) groups is 1. The van der Waals surface area contributed by atoms with Crippen LogP contribution in [-0.2, 0) is 21.4 Å². The summed E-state index contributed by atoms with van der Waals surface area (Å²) in [5, 5.41) is 4.00. The molecule has 3 rings (SSSR count). The molecule has 0 unspecified atom stereocenters. The summed E-state index contributed by atoms with van der Waals surface area (Å²) in [7, 11) is -3.67. The normalized spacial score (nSPS) is 11.4.